The summed E-state index contributed by atoms with van der Waals surface area (Å²) in [5, 5.41) is 0. The lowest BCUT2D eigenvalue weighted by atomic mass is 10.1. The second-order valence-electron chi connectivity index (χ2n) is 6.56. The molecule has 0 rings (SSSR count). The lowest BCUT2D eigenvalue weighted by molar-refractivity contribution is 0.179. The van der Waals surface area contributed by atoms with Crippen molar-refractivity contribution >= 4 is 0 Å². The van der Waals surface area contributed by atoms with Gasteiger partial charge in [-0.3, -0.25) is 4.90 Å². The van der Waals surface area contributed by atoms with Crippen molar-refractivity contribution in [3.8, 4) is 48.4 Å². The van der Waals surface area contributed by atoms with Crippen molar-refractivity contribution in [3.63, 3.8) is 0 Å². The number of terminal acetylenes is 2. The Kier molecular flexibility index (Phi) is 12.8. The average molecular weight is 309 g/mol. The Morgan fingerprint density at radius 1 is 0.652 bits per heavy atom. The van der Waals surface area contributed by atoms with Crippen LogP contribution in [0.1, 0.15) is 72.1 Å². The van der Waals surface area contributed by atoms with E-state index in [9.17, 15) is 0 Å². The third-order valence-electron chi connectivity index (χ3n) is 3.48. The van der Waals surface area contributed by atoms with E-state index >= 15 is 0 Å². The van der Waals surface area contributed by atoms with E-state index in [1.165, 1.54) is 0 Å². The summed E-state index contributed by atoms with van der Waals surface area (Å²) < 4.78 is 0. The number of unbranched alkanes of at least 4 members (excludes halogenated alkanes) is 6. The molecular formula is C22H31N. The molecule has 0 saturated carbocycles. The van der Waals surface area contributed by atoms with Crippen molar-refractivity contribution in [1.29, 1.82) is 0 Å². The Hall–Kier alpha value is -1.80. The normalized spacial score (nSPS) is 10.0. The molecule has 0 radical (unpaired) electrons. The van der Waals surface area contributed by atoms with Gasteiger partial charge in [-0.05, 0) is 46.5 Å². The lowest BCUT2D eigenvalue weighted by Gasteiger charge is -2.32. The van der Waals surface area contributed by atoms with Gasteiger partial charge in [0.2, 0.25) is 0 Å². The first-order valence-corrected chi connectivity index (χ1v) is 8.55. The lowest BCUT2D eigenvalue weighted by Crippen LogP contribution is -2.41. The van der Waals surface area contributed by atoms with Crippen LogP contribution in [0.25, 0.3) is 0 Å². The van der Waals surface area contributed by atoms with Crippen LogP contribution in [0.15, 0.2) is 0 Å². The molecule has 0 aromatic rings. The van der Waals surface area contributed by atoms with Crippen LogP contribution >= 0.6 is 0 Å². The number of rotatable bonds is 8. The van der Waals surface area contributed by atoms with Gasteiger partial charge >= 0.3 is 0 Å². The molecule has 1 heteroatoms. The third-order valence-corrected chi connectivity index (χ3v) is 3.48. The molecule has 0 aromatic heterocycles. The zero-order chi connectivity index (χ0) is 17.4. The Balaban J connectivity index is 4.15. The van der Waals surface area contributed by atoms with Crippen molar-refractivity contribution in [2.24, 2.45) is 0 Å². The molecule has 0 aliphatic heterocycles. The molecule has 0 fully saturated rings. The molecule has 23 heavy (non-hydrogen) atoms. The maximum Gasteiger partial charge on any atom is 0.0615 e. The largest absolute Gasteiger partial charge is 0.276 e. The van der Waals surface area contributed by atoms with Gasteiger partial charge in [-0.1, -0.05) is 11.8 Å². The fourth-order valence-corrected chi connectivity index (χ4v) is 1.89. The van der Waals surface area contributed by atoms with Crippen LogP contribution in [-0.4, -0.2) is 23.5 Å². The SMILES string of the molecule is C#CCCCCC#CCN(CC#CCCCCC#C)C(C)(C)C. The van der Waals surface area contributed by atoms with Crippen LogP contribution in [0.3, 0.4) is 0 Å². The zero-order valence-electron chi connectivity index (χ0n) is 15.2. The highest BCUT2D eigenvalue weighted by Crippen LogP contribution is 2.11. The second-order valence-corrected chi connectivity index (χ2v) is 6.56. The first-order valence-electron chi connectivity index (χ1n) is 8.55. The van der Waals surface area contributed by atoms with Gasteiger partial charge in [-0.25, -0.2) is 0 Å². The highest BCUT2D eigenvalue weighted by atomic mass is 15.2. The fourth-order valence-electron chi connectivity index (χ4n) is 1.89. The minimum atomic E-state index is 0.0797. The van der Waals surface area contributed by atoms with Gasteiger partial charge in [0.15, 0.2) is 0 Å². The van der Waals surface area contributed by atoms with Gasteiger partial charge in [0, 0.05) is 31.2 Å². The quantitative estimate of drug-likeness (QED) is 0.472. The highest BCUT2D eigenvalue weighted by Gasteiger charge is 2.18. The number of hydrogen-bond acceptors (Lipinski definition) is 1. The molecule has 0 aliphatic carbocycles. The minimum Gasteiger partial charge on any atom is -0.276 e. The summed E-state index contributed by atoms with van der Waals surface area (Å²) in [6, 6.07) is 0. The summed E-state index contributed by atoms with van der Waals surface area (Å²) in [5.41, 5.74) is 0.0797. The molecule has 0 atom stereocenters. The van der Waals surface area contributed by atoms with E-state index in [2.05, 4.69) is 61.2 Å². The topological polar surface area (TPSA) is 3.24 Å². The predicted molar refractivity (Wildman–Crippen MR) is 101 cm³/mol. The molecule has 0 bridgehead atoms. The van der Waals surface area contributed by atoms with Gasteiger partial charge in [-0.15, -0.1) is 36.5 Å². The number of hydrogen-bond donors (Lipinski definition) is 0. The van der Waals surface area contributed by atoms with Gasteiger partial charge in [-0.2, -0.15) is 0 Å². The van der Waals surface area contributed by atoms with Crippen LogP contribution in [0.4, 0.5) is 0 Å². The highest BCUT2D eigenvalue weighted by molar-refractivity contribution is 5.07. The number of nitrogens with zero attached hydrogens (tertiary/aromatic N) is 1. The molecule has 124 valence electrons. The van der Waals surface area contributed by atoms with Crippen molar-refractivity contribution in [3.05, 3.63) is 0 Å². The molecule has 0 amide bonds. The summed E-state index contributed by atoms with van der Waals surface area (Å²) in [7, 11) is 0. The van der Waals surface area contributed by atoms with E-state index in [0.29, 0.717) is 0 Å². The van der Waals surface area contributed by atoms with Crippen molar-refractivity contribution in [1.82, 2.24) is 4.90 Å². The van der Waals surface area contributed by atoms with E-state index < -0.39 is 0 Å². The predicted octanol–water partition coefficient (Wildman–Crippen LogP) is 4.48. The monoisotopic (exact) mass is 309 g/mol. The molecule has 0 heterocycles. The summed E-state index contributed by atoms with van der Waals surface area (Å²) in [4.78, 5) is 2.32. The second kappa shape index (κ2) is 13.8. The summed E-state index contributed by atoms with van der Waals surface area (Å²) in [6.45, 7) is 8.15. The zero-order valence-corrected chi connectivity index (χ0v) is 15.2. The maximum atomic E-state index is 5.23. The van der Waals surface area contributed by atoms with E-state index in [0.717, 1.165) is 64.5 Å². The molecule has 0 unspecified atom stereocenters. The minimum absolute atomic E-state index is 0.0797. The van der Waals surface area contributed by atoms with Gasteiger partial charge < -0.3 is 0 Å². The van der Waals surface area contributed by atoms with E-state index in [1.807, 2.05) is 0 Å². The molecule has 0 aliphatic rings. The van der Waals surface area contributed by atoms with Crippen LogP contribution in [0, 0.1) is 48.4 Å². The summed E-state index contributed by atoms with van der Waals surface area (Å²) >= 11 is 0. The van der Waals surface area contributed by atoms with Crippen LogP contribution in [0.5, 0.6) is 0 Å². The van der Waals surface area contributed by atoms with Crippen molar-refractivity contribution in [2.45, 2.75) is 77.7 Å². The smallest absolute Gasteiger partial charge is 0.0615 e. The molecule has 0 N–H and O–H groups in total. The molecule has 0 saturated heterocycles. The Morgan fingerprint density at radius 2 is 1.04 bits per heavy atom. The van der Waals surface area contributed by atoms with E-state index in [1.54, 1.807) is 0 Å². The van der Waals surface area contributed by atoms with Crippen molar-refractivity contribution < 1.29 is 0 Å². The van der Waals surface area contributed by atoms with E-state index in [-0.39, 0.29) is 5.54 Å². The Labute approximate surface area is 144 Å². The molecule has 0 spiro atoms. The van der Waals surface area contributed by atoms with Crippen LogP contribution < -0.4 is 0 Å². The summed E-state index contributed by atoms with van der Waals surface area (Å²) in [5.74, 6) is 18.4. The first kappa shape index (κ1) is 21.2. The fraction of sp³-hybridized carbons (Fsp3) is 0.636. The van der Waals surface area contributed by atoms with Crippen molar-refractivity contribution in [2.75, 3.05) is 13.1 Å². The molecule has 0 aromatic carbocycles. The average Bonchev–Trinajstić information content (AvgIpc) is 2.50. The van der Waals surface area contributed by atoms with Crippen LogP contribution in [-0.2, 0) is 0 Å². The third kappa shape index (κ3) is 13.6. The summed E-state index contributed by atoms with van der Waals surface area (Å²) in [6.07, 6.45) is 18.4. The Bertz CT molecular complexity index is 457. The molecular weight excluding hydrogens is 278 g/mol. The molecule has 1 nitrogen and oxygen atoms in total. The standard InChI is InChI=1S/C22H31N/c1-6-8-10-12-14-16-18-20-23(22(3,4)5)21-19-17-15-13-11-9-7-2/h1-2H,8-15,20-21H2,3-5H3. The van der Waals surface area contributed by atoms with Gasteiger partial charge in [0.1, 0.15) is 0 Å². The maximum absolute atomic E-state index is 5.23. The van der Waals surface area contributed by atoms with Crippen LogP contribution in [0.2, 0.25) is 0 Å². The van der Waals surface area contributed by atoms with E-state index in [4.69, 9.17) is 12.8 Å². The van der Waals surface area contributed by atoms with Gasteiger partial charge in [0.05, 0.1) is 13.1 Å². The van der Waals surface area contributed by atoms with Gasteiger partial charge in [0.25, 0.3) is 0 Å². The first-order chi connectivity index (χ1) is 11.0. The Morgan fingerprint density at radius 3 is 1.39 bits per heavy atom.